The van der Waals surface area contributed by atoms with Crippen LogP contribution in [0.1, 0.15) is 124 Å². The van der Waals surface area contributed by atoms with Crippen LogP contribution >= 0.6 is 0 Å². The largest absolute Gasteiger partial charge is 0.391 e. The van der Waals surface area contributed by atoms with Gasteiger partial charge in [-0.15, -0.1) is 0 Å². The molecule has 3 aliphatic rings. The number of hydrogen-bond acceptors (Lipinski definition) is 14. The molecule has 1 aliphatic carbocycles. The molecule has 2 aliphatic heterocycles. The van der Waals surface area contributed by atoms with Crippen LogP contribution in [0.25, 0.3) is 0 Å². The lowest BCUT2D eigenvalue weighted by Crippen LogP contribution is -2.61. The van der Waals surface area contributed by atoms with Gasteiger partial charge >= 0.3 is 0 Å². The zero-order valence-corrected chi connectivity index (χ0v) is 41.5. The minimum Gasteiger partial charge on any atom is -0.391 e. The minimum atomic E-state index is -1.71. The van der Waals surface area contributed by atoms with Gasteiger partial charge in [0, 0.05) is 56.8 Å². The number of ether oxygens (including phenoxy) is 6. The number of aryl methyl sites for hydroxylation is 3. The van der Waals surface area contributed by atoms with Crippen molar-refractivity contribution in [2.24, 2.45) is 34.7 Å². The van der Waals surface area contributed by atoms with Crippen LogP contribution in [0.5, 0.6) is 0 Å². The summed E-state index contributed by atoms with van der Waals surface area (Å²) in [5, 5.41) is 52.3. The highest BCUT2D eigenvalue weighted by atomic mass is 16.7. The van der Waals surface area contributed by atoms with Crippen molar-refractivity contribution in [2.75, 3.05) is 28.3 Å². The monoisotopic (exact) mass is 893 g/mol. The Balaban J connectivity index is 1.91. The van der Waals surface area contributed by atoms with Gasteiger partial charge in [0.1, 0.15) is 24.6 Å². The van der Waals surface area contributed by atoms with Gasteiger partial charge in [-0.3, -0.25) is 4.79 Å². The highest BCUT2D eigenvalue weighted by molar-refractivity contribution is 5.89. The van der Waals surface area contributed by atoms with Crippen molar-refractivity contribution in [3.8, 4) is 0 Å². The fraction of sp³-hybridized carbons (Fsp3) is 0.837. The highest BCUT2D eigenvalue weighted by Crippen LogP contribution is 2.43. The van der Waals surface area contributed by atoms with Crippen LogP contribution in [0.15, 0.2) is 17.3 Å². The molecule has 0 spiro atoms. The maximum atomic E-state index is 14.8. The number of benzene rings is 1. The summed E-state index contributed by atoms with van der Waals surface area (Å²) in [6, 6.07) is 3.95. The van der Waals surface area contributed by atoms with Gasteiger partial charge in [0.25, 0.3) is 0 Å². The number of nitrogens with zero attached hydrogens (tertiary/aromatic N) is 2. The van der Waals surface area contributed by atoms with Gasteiger partial charge in [-0.25, -0.2) is 0 Å². The zero-order chi connectivity index (χ0) is 47.5. The normalized spacial score (nSPS) is 43.2. The van der Waals surface area contributed by atoms with E-state index >= 15 is 0 Å². The summed E-state index contributed by atoms with van der Waals surface area (Å²) in [5.74, 6) is -3.36. The molecular formula is C49H84N2O12. The first-order valence-electron chi connectivity index (χ1n) is 23.2. The predicted octanol–water partition coefficient (Wildman–Crippen LogP) is 6.03. The molecule has 14 nitrogen and oxygen atoms in total. The average Bonchev–Trinajstić information content (AvgIpc) is 3.21. The molecule has 0 radical (unpaired) electrons. The Hall–Kier alpha value is -2.08. The number of aliphatic hydroxyl groups excluding tert-OH is 3. The molecule has 4 N–H and O–H groups in total. The van der Waals surface area contributed by atoms with Gasteiger partial charge in [0.05, 0.1) is 53.0 Å². The number of likely N-dealkylation sites (N-methyl/N-ethyl adjacent to an activating group) is 1. The Kier molecular flexibility index (Phi) is 18.4. The van der Waals surface area contributed by atoms with Crippen molar-refractivity contribution in [3.63, 3.8) is 0 Å². The maximum Gasteiger partial charge on any atom is 0.185 e. The Morgan fingerprint density at radius 1 is 0.857 bits per heavy atom. The van der Waals surface area contributed by atoms with E-state index in [2.05, 4.69) is 19.1 Å². The van der Waals surface area contributed by atoms with Gasteiger partial charge in [0.15, 0.2) is 12.6 Å². The lowest BCUT2D eigenvalue weighted by atomic mass is 9.69. The topological polar surface area (TPSA) is 178 Å². The molecule has 0 amide bonds. The molecule has 2 heterocycles. The van der Waals surface area contributed by atoms with E-state index in [1.807, 2.05) is 88.2 Å². The van der Waals surface area contributed by atoms with Crippen molar-refractivity contribution in [1.82, 2.24) is 4.90 Å². The predicted molar refractivity (Wildman–Crippen MR) is 242 cm³/mol. The van der Waals surface area contributed by atoms with Crippen LogP contribution < -0.4 is 0 Å². The standard InChI is InChI=1S/C49H84N2O12/c1-18-35-22-38(52)31(7)42(62-39-24-47(11,57-16)44(55)34(10)61-39)33(9)45(63-46-41(53)37(51(14)15)21-30(6)60-46)48(12,58-17)23-29(5)40(32(8)43(54)49(35,13)56)50-59-25-36-27(3)19-26(2)20-28(36)4/h19-20,29-35,37,39,41-46,53-56H,18,21-25H2,1-17H3/b50-40+/t29-,30-,31+,32+,33+,34+,35+,37+,39+,41-,42-,43-,44+,45-,46+,47-,48-,49-/m1/s1. The SMILES string of the molecule is CC[C@H]1CC(=O)[C@H](C)[C@@H](O[C@H]2C[C@@](C)(OC)[C@@H](O)[C@H](C)O2)[C@H](C)[C@@H](O[C@@H]2O[C@H](C)C[C@H](N(C)C)[C@H]2O)[C@](C)(OC)C[C@@H](C)/C(=N\OCc2c(C)cc(C)cc2C)[C@H](C)[C@@H](O)[C@]1(C)O. The van der Waals surface area contributed by atoms with Crippen LogP contribution in [0.4, 0.5) is 0 Å². The average molecular weight is 893 g/mol. The molecule has 3 fully saturated rings. The van der Waals surface area contributed by atoms with Crippen LogP contribution in [0.3, 0.4) is 0 Å². The Bertz CT molecular complexity index is 1670. The summed E-state index contributed by atoms with van der Waals surface area (Å²) in [4.78, 5) is 22.9. The molecular weight excluding hydrogens is 809 g/mol. The van der Waals surface area contributed by atoms with E-state index in [1.54, 1.807) is 28.1 Å². The first-order chi connectivity index (χ1) is 29.3. The Morgan fingerprint density at radius 2 is 1.46 bits per heavy atom. The summed E-state index contributed by atoms with van der Waals surface area (Å²) < 4.78 is 39.1. The van der Waals surface area contributed by atoms with Crippen molar-refractivity contribution in [2.45, 2.75) is 207 Å². The summed E-state index contributed by atoms with van der Waals surface area (Å²) in [6.07, 6.45) is -6.51. The van der Waals surface area contributed by atoms with Gasteiger partial charge in [-0.2, -0.15) is 0 Å². The van der Waals surface area contributed by atoms with Gasteiger partial charge in [0.2, 0.25) is 0 Å². The van der Waals surface area contributed by atoms with Gasteiger partial charge in [-0.1, -0.05) is 63.9 Å². The zero-order valence-electron chi connectivity index (χ0n) is 41.5. The maximum absolute atomic E-state index is 14.8. The van der Waals surface area contributed by atoms with Crippen LogP contribution in [-0.4, -0.2) is 143 Å². The van der Waals surface area contributed by atoms with E-state index in [0.717, 1.165) is 22.3 Å². The lowest BCUT2D eigenvalue weighted by molar-refractivity contribution is -0.318. The Labute approximate surface area is 378 Å². The smallest absolute Gasteiger partial charge is 0.185 e. The quantitative estimate of drug-likeness (QED) is 0.190. The fourth-order valence-electron chi connectivity index (χ4n) is 10.8. The van der Waals surface area contributed by atoms with Gasteiger partial charge in [-0.05, 0) is 105 Å². The second kappa shape index (κ2) is 21.7. The molecule has 63 heavy (non-hydrogen) atoms. The van der Waals surface area contributed by atoms with E-state index in [9.17, 15) is 25.2 Å². The first kappa shape index (κ1) is 53.5. The van der Waals surface area contributed by atoms with Crippen molar-refractivity contribution in [3.05, 3.63) is 34.4 Å². The van der Waals surface area contributed by atoms with Crippen molar-refractivity contribution in [1.29, 1.82) is 0 Å². The number of hydrogen-bond donors (Lipinski definition) is 4. The molecule has 362 valence electrons. The number of carbonyl (C=O) groups excluding carboxylic acids is 1. The van der Waals surface area contributed by atoms with Gasteiger partial charge < -0.3 is 58.6 Å². The molecule has 1 saturated carbocycles. The minimum absolute atomic E-state index is 0.0541. The van der Waals surface area contributed by atoms with Crippen LogP contribution in [0.2, 0.25) is 0 Å². The highest BCUT2D eigenvalue weighted by Gasteiger charge is 2.53. The molecule has 4 rings (SSSR count). The third kappa shape index (κ3) is 11.9. The summed E-state index contributed by atoms with van der Waals surface area (Å²) in [7, 11) is 6.99. The van der Waals surface area contributed by atoms with Crippen LogP contribution in [0, 0.1) is 50.4 Å². The molecule has 1 aromatic carbocycles. The molecule has 0 unspecified atom stereocenters. The number of ketones is 1. The number of Topliss-reactive ketones (excluding diaryl/α,β-unsaturated/α-hetero) is 1. The summed E-state index contributed by atoms with van der Waals surface area (Å²) in [5.41, 5.74) is 0.962. The third-order valence-corrected chi connectivity index (χ3v) is 15.1. The number of methoxy groups -OCH3 is 2. The fourth-order valence-corrected chi connectivity index (χ4v) is 10.8. The summed E-state index contributed by atoms with van der Waals surface area (Å²) in [6.45, 7) is 24.9. The molecule has 14 heteroatoms. The van der Waals surface area contributed by atoms with E-state index in [0.29, 0.717) is 18.6 Å². The Morgan fingerprint density at radius 3 is 2.02 bits per heavy atom. The first-order valence-corrected chi connectivity index (χ1v) is 23.2. The number of aliphatic hydroxyl groups is 4. The molecule has 1 aromatic rings. The van der Waals surface area contributed by atoms with Crippen molar-refractivity contribution < 1.29 is 58.5 Å². The molecule has 0 aromatic heterocycles. The number of carbonyl (C=O) groups is 1. The number of oxime groups is 1. The van der Waals surface area contributed by atoms with Crippen LogP contribution in [-0.2, 0) is 44.7 Å². The van der Waals surface area contributed by atoms with E-state index in [-0.39, 0.29) is 43.8 Å². The molecule has 2 saturated heterocycles. The lowest BCUT2D eigenvalue weighted by Gasteiger charge is -2.50. The molecule has 0 bridgehead atoms. The second-order valence-electron chi connectivity index (χ2n) is 20.3. The van der Waals surface area contributed by atoms with E-state index in [1.165, 1.54) is 0 Å². The third-order valence-electron chi connectivity index (χ3n) is 15.1. The van der Waals surface area contributed by atoms with Crippen molar-refractivity contribution >= 4 is 11.5 Å². The summed E-state index contributed by atoms with van der Waals surface area (Å²) >= 11 is 0. The molecule has 18 atom stereocenters. The number of rotatable bonds is 11. The van der Waals surface area contributed by atoms with E-state index < -0.39 is 95.6 Å². The van der Waals surface area contributed by atoms with E-state index in [4.69, 9.17) is 38.4 Å². The second-order valence-corrected chi connectivity index (χ2v) is 20.3.